The molecule has 2 atom stereocenters. The Hall–Kier alpha value is -0.840. The number of hydrogen-bond donors (Lipinski definition) is 2. The molecule has 2 rings (SSSR count). The van der Waals surface area contributed by atoms with Gasteiger partial charge in [0, 0.05) is 18.6 Å². The maximum absolute atomic E-state index is 5.55. The minimum atomic E-state index is 0.193. The van der Waals surface area contributed by atoms with Crippen molar-refractivity contribution in [1.82, 2.24) is 5.32 Å². The lowest BCUT2D eigenvalue weighted by Crippen LogP contribution is -2.60. The largest absolute Gasteiger partial charge is 0.463 e. The lowest BCUT2D eigenvalue weighted by atomic mass is 9.64. The van der Waals surface area contributed by atoms with Crippen LogP contribution >= 0.6 is 0 Å². The predicted molar refractivity (Wildman–Crippen MR) is 66.4 cm³/mol. The Labute approximate surface area is 103 Å². The van der Waals surface area contributed by atoms with E-state index in [0.717, 1.165) is 24.5 Å². The molecule has 4 heteroatoms. The van der Waals surface area contributed by atoms with E-state index in [1.54, 1.807) is 7.11 Å². The number of rotatable bonds is 5. The lowest BCUT2D eigenvalue weighted by Gasteiger charge is -2.51. The molecule has 0 amide bonds. The molecule has 1 aliphatic carbocycles. The summed E-state index contributed by atoms with van der Waals surface area (Å²) < 4.78 is 11.0. The molecule has 1 fully saturated rings. The fraction of sp³-hybridized carbons (Fsp3) is 0.692. The quantitative estimate of drug-likeness (QED) is 0.818. The second-order valence-corrected chi connectivity index (χ2v) is 5.29. The highest BCUT2D eigenvalue weighted by atomic mass is 16.5. The fourth-order valence-corrected chi connectivity index (χ4v) is 2.48. The fourth-order valence-electron chi connectivity index (χ4n) is 2.48. The summed E-state index contributed by atoms with van der Waals surface area (Å²) in [5.74, 6) is 1.78. The van der Waals surface area contributed by atoms with E-state index in [4.69, 9.17) is 14.9 Å². The van der Waals surface area contributed by atoms with E-state index >= 15 is 0 Å². The third-order valence-corrected chi connectivity index (χ3v) is 3.90. The van der Waals surface area contributed by atoms with Crippen LogP contribution in [0.1, 0.15) is 31.8 Å². The molecular weight excluding hydrogens is 216 g/mol. The first-order valence-electron chi connectivity index (χ1n) is 6.11. The summed E-state index contributed by atoms with van der Waals surface area (Å²) in [4.78, 5) is 0. The van der Waals surface area contributed by atoms with Crippen LogP contribution in [0.5, 0.6) is 0 Å². The van der Waals surface area contributed by atoms with Crippen LogP contribution in [0.4, 0.5) is 0 Å². The Morgan fingerprint density at radius 2 is 2.18 bits per heavy atom. The highest BCUT2D eigenvalue weighted by Gasteiger charge is 2.48. The van der Waals surface area contributed by atoms with Crippen molar-refractivity contribution in [1.29, 1.82) is 0 Å². The Morgan fingerprint density at radius 3 is 2.71 bits per heavy atom. The second-order valence-electron chi connectivity index (χ2n) is 5.29. The summed E-state index contributed by atoms with van der Waals surface area (Å²) in [6, 6.07) is 4.40. The minimum absolute atomic E-state index is 0.193. The lowest BCUT2D eigenvalue weighted by molar-refractivity contribution is -0.0982. The van der Waals surface area contributed by atoms with Gasteiger partial charge in [-0.15, -0.1) is 0 Å². The minimum Gasteiger partial charge on any atom is -0.463 e. The molecule has 96 valence electrons. The maximum atomic E-state index is 5.55. The number of furan rings is 1. The van der Waals surface area contributed by atoms with Crippen LogP contribution in [-0.2, 0) is 17.8 Å². The number of ether oxygens (including phenoxy) is 1. The summed E-state index contributed by atoms with van der Waals surface area (Å²) in [5, 5.41) is 3.51. The van der Waals surface area contributed by atoms with Crippen LogP contribution in [0.3, 0.4) is 0 Å². The van der Waals surface area contributed by atoms with Crippen LogP contribution in [0, 0.1) is 5.41 Å². The van der Waals surface area contributed by atoms with E-state index in [0.29, 0.717) is 18.7 Å². The Morgan fingerprint density at radius 1 is 1.47 bits per heavy atom. The Kier molecular flexibility index (Phi) is 3.56. The monoisotopic (exact) mass is 238 g/mol. The molecule has 1 aromatic heterocycles. The molecule has 1 aliphatic rings. The van der Waals surface area contributed by atoms with E-state index in [1.807, 2.05) is 12.1 Å². The molecule has 0 spiro atoms. The zero-order chi connectivity index (χ0) is 12.5. The summed E-state index contributed by atoms with van der Waals surface area (Å²) in [5.41, 5.74) is 5.70. The highest BCUT2D eigenvalue weighted by molar-refractivity contribution is 5.08. The molecule has 0 saturated heterocycles. The van der Waals surface area contributed by atoms with Gasteiger partial charge in [-0.3, -0.25) is 0 Å². The molecule has 2 unspecified atom stereocenters. The zero-order valence-corrected chi connectivity index (χ0v) is 10.8. The van der Waals surface area contributed by atoms with Crippen molar-refractivity contribution in [3.05, 3.63) is 23.7 Å². The summed E-state index contributed by atoms with van der Waals surface area (Å²) >= 11 is 0. The van der Waals surface area contributed by atoms with Crippen LogP contribution < -0.4 is 11.1 Å². The summed E-state index contributed by atoms with van der Waals surface area (Å²) in [7, 11) is 1.78. The SMILES string of the molecule is COC1CC(NCc2ccc(CN)o2)C1(C)C. The third kappa shape index (κ3) is 2.39. The van der Waals surface area contributed by atoms with Gasteiger partial charge in [0.15, 0.2) is 0 Å². The van der Waals surface area contributed by atoms with Crippen molar-refractivity contribution < 1.29 is 9.15 Å². The number of methoxy groups -OCH3 is 1. The van der Waals surface area contributed by atoms with Gasteiger partial charge in [0.2, 0.25) is 0 Å². The number of nitrogens with two attached hydrogens (primary N) is 1. The molecule has 0 aliphatic heterocycles. The molecule has 4 nitrogen and oxygen atoms in total. The van der Waals surface area contributed by atoms with Crippen molar-refractivity contribution in [2.24, 2.45) is 11.1 Å². The standard InChI is InChI=1S/C13H22N2O2/c1-13(2)11(6-12(13)16-3)15-8-10-5-4-9(7-14)17-10/h4-5,11-12,15H,6-8,14H2,1-3H3. The van der Waals surface area contributed by atoms with E-state index in [9.17, 15) is 0 Å². The van der Waals surface area contributed by atoms with Crippen LogP contribution in [0.15, 0.2) is 16.5 Å². The van der Waals surface area contributed by atoms with Gasteiger partial charge in [-0.1, -0.05) is 13.8 Å². The highest BCUT2D eigenvalue weighted by Crippen LogP contribution is 2.42. The smallest absolute Gasteiger partial charge is 0.118 e. The van der Waals surface area contributed by atoms with Crippen LogP contribution in [0.25, 0.3) is 0 Å². The Balaban J connectivity index is 1.83. The molecule has 0 aromatic carbocycles. The Bertz CT molecular complexity index is 373. The number of hydrogen-bond acceptors (Lipinski definition) is 4. The van der Waals surface area contributed by atoms with Gasteiger partial charge in [0.25, 0.3) is 0 Å². The maximum Gasteiger partial charge on any atom is 0.118 e. The predicted octanol–water partition coefficient (Wildman–Crippen LogP) is 1.64. The van der Waals surface area contributed by atoms with Crippen molar-refractivity contribution in [2.45, 2.75) is 45.5 Å². The van der Waals surface area contributed by atoms with Crippen molar-refractivity contribution in [3.63, 3.8) is 0 Å². The molecule has 0 radical (unpaired) electrons. The van der Waals surface area contributed by atoms with E-state index in [1.165, 1.54) is 0 Å². The average molecular weight is 238 g/mol. The molecule has 3 N–H and O–H groups in total. The topological polar surface area (TPSA) is 60.4 Å². The van der Waals surface area contributed by atoms with Crippen molar-refractivity contribution in [3.8, 4) is 0 Å². The number of nitrogens with one attached hydrogen (secondary N) is 1. The van der Waals surface area contributed by atoms with Crippen LogP contribution in [-0.4, -0.2) is 19.3 Å². The first-order chi connectivity index (χ1) is 8.07. The molecule has 1 heterocycles. The summed E-state index contributed by atoms with van der Waals surface area (Å²) in [6.07, 6.45) is 1.42. The van der Waals surface area contributed by atoms with E-state index < -0.39 is 0 Å². The van der Waals surface area contributed by atoms with E-state index in [-0.39, 0.29) is 5.41 Å². The van der Waals surface area contributed by atoms with Crippen LogP contribution in [0.2, 0.25) is 0 Å². The molecule has 1 aromatic rings. The van der Waals surface area contributed by atoms with Gasteiger partial charge in [0.05, 0.1) is 19.2 Å². The van der Waals surface area contributed by atoms with Gasteiger partial charge < -0.3 is 20.2 Å². The van der Waals surface area contributed by atoms with Crippen molar-refractivity contribution >= 4 is 0 Å². The third-order valence-electron chi connectivity index (χ3n) is 3.90. The average Bonchev–Trinajstić information content (AvgIpc) is 2.76. The normalized spacial score (nSPS) is 26.8. The molecule has 17 heavy (non-hydrogen) atoms. The summed E-state index contributed by atoms with van der Waals surface area (Å²) in [6.45, 7) is 5.68. The van der Waals surface area contributed by atoms with Gasteiger partial charge in [-0.05, 0) is 18.6 Å². The van der Waals surface area contributed by atoms with Crippen molar-refractivity contribution in [2.75, 3.05) is 7.11 Å². The second kappa shape index (κ2) is 4.80. The van der Waals surface area contributed by atoms with Gasteiger partial charge >= 0.3 is 0 Å². The van der Waals surface area contributed by atoms with Gasteiger partial charge in [-0.25, -0.2) is 0 Å². The first-order valence-corrected chi connectivity index (χ1v) is 6.11. The first kappa shape index (κ1) is 12.6. The van der Waals surface area contributed by atoms with Gasteiger partial charge in [0.1, 0.15) is 11.5 Å². The molecular formula is C13H22N2O2. The van der Waals surface area contributed by atoms with E-state index in [2.05, 4.69) is 19.2 Å². The van der Waals surface area contributed by atoms with Gasteiger partial charge in [-0.2, -0.15) is 0 Å². The zero-order valence-electron chi connectivity index (χ0n) is 10.8. The molecule has 1 saturated carbocycles. The molecule has 0 bridgehead atoms.